The second-order valence-corrected chi connectivity index (χ2v) is 5.31. The van der Waals surface area contributed by atoms with Crippen LogP contribution < -0.4 is 10.6 Å². The van der Waals surface area contributed by atoms with Gasteiger partial charge in [0, 0.05) is 24.8 Å². The number of carbonyl (C=O) groups is 1. The second kappa shape index (κ2) is 8.97. The number of aromatic nitrogens is 2. The molecule has 114 valence electrons. The zero-order valence-electron chi connectivity index (χ0n) is 12.1. The molecule has 1 aromatic heterocycles. The van der Waals surface area contributed by atoms with Crippen LogP contribution in [0.3, 0.4) is 0 Å². The normalized spacial score (nSPS) is 16.2. The van der Waals surface area contributed by atoms with Crippen LogP contribution in [0.25, 0.3) is 0 Å². The van der Waals surface area contributed by atoms with Gasteiger partial charge in [0.25, 0.3) is 5.91 Å². The summed E-state index contributed by atoms with van der Waals surface area (Å²) in [4.78, 5) is 11.8. The van der Waals surface area contributed by atoms with Crippen molar-refractivity contribution in [3.05, 3.63) is 17.5 Å². The van der Waals surface area contributed by atoms with Gasteiger partial charge in [0.05, 0.1) is 11.8 Å². The van der Waals surface area contributed by atoms with Gasteiger partial charge >= 0.3 is 0 Å². The van der Waals surface area contributed by atoms with Gasteiger partial charge in [-0.3, -0.25) is 9.89 Å². The minimum Gasteiger partial charge on any atom is -0.351 e. The molecule has 1 aromatic rings. The molecule has 3 N–H and O–H groups in total. The Kier molecular flexibility index (Phi) is 7.62. The van der Waals surface area contributed by atoms with Crippen molar-refractivity contribution in [1.29, 1.82) is 0 Å². The molecule has 20 heavy (non-hydrogen) atoms. The van der Waals surface area contributed by atoms with Crippen LogP contribution in [0.1, 0.15) is 54.6 Å². The molecule has 1 amide bonds. The Morgan fingerprint density at radius 2 is 2.00 bits per heavy atom. The van der Waals surface area contributed by atoms with E-state index in [0.717, 1.165) is 12.2 Å². The van der Waals surface area contributed by atoms with Gasteiger partial charge in [-0.1, -0.05) is 25.7 Å². The number of amides is 1. The number of carbonyl (C=O) groups excluding carboxylic acids is 1. The van der Waals surface area contributed by atoms with Gasteiger partial charge in [0.2, 0.25) is 0 Å². The minimum atomic E-state index is -0.0473. The molecule has 0 spiro atoms. The van der Waals surface area contributed by atoms with E-state index in [2.05, 4.69) is 20.8 Å². The third kappa shape index (κ3) is 5.13. The van der Waals surface area contributed by atoms with E-state index >= 15 is 0 Å². The maximum Gasteiger partial charge on any atom is 0.254 e. The predicted molar refractivity (Wildman–Crippen MR) is 82.4 cm³/mol. The molecule has 2 rings (SSSR count). The fourth-order valence-electron chi connectivity index (χ4n) is 2.61. The third-order valence-electron chi connectivity index (χ3n) is 3.77. The van der Waals surface area contributed by atoms with Gasteiger partial charge in [-0.25, -0.2) is 0 Å². The number of hydrogen-bond acceptors (Lipinski definition) is 3. The molecule has 1 fully saturated rings. The van der Waals surface area contributed by atoms with Crippen LogP contribution in [-0.4, -0.2) is 35.2 Å². The first-order valence-corrected chi connectivity index (χ1v) is 7.29. The Morgan fingerprint density at radius 3 is 2.60 bits per heavy atom. The van der Waals surface area contributed by atoms with E-state index in [1.807, 2.05) is 6.92 Å². The van der Waals surface area contributed by atoms with E-state index in [-0.39, 0.29) is 18.3 Å². The number of aromatic amines is 1. The molecule has 0 bridgehead atoms. The van der Waals surface area contributed by atoms with Crippen molar-refractivity contribution in [3.8, 4) is 0 Å². The number of nitrogens with one attached hydrogen (secondary N) is 3. The van der Waals surface area contributed by atoms with Crippen LogP contribution in [0.2, 0.25) is 0 Å². The SMILES string of the molecule is Cc1[nH]ncc1C(=O)NCCNC1CCCCCC1.Cl. The second-order valence-electron chi connectivity index (χ2n) is 5.31. The standard InChI is InChI=1S/C14H24N4O.ClH/c1-11-13(10-17-18-11)14(19)16-9-8-15-12-6-4-2-3-5-7-12;/h10,12,15H,2-9H2,1H3,(H,16,19)(H,17,18);1H. The monoisotopic (exact) mass is 300 g/mol. The van der Waals surface area contributed by atoms with E-state index < -0.39 is 0 Å². The molecule has 0 radical (unpaired) electrons. The molecule has 5 nitrogen and oxygen atoms in total. The average molecular weight is 301 g/mol. The summed E-state index contributed by atoms with van der Waals surface area (Å²) in [5, 5.41) is 13.1. The van der Waals surface area contributed by atoms with Gasteiger partial charge in [-0.2, -0.15) is 5.10 Å². The molecule has 0 unspecified atom stereocenters. The number of H-pyrrole nitrogens is 1. The smallest absolute Gasteiger partial charge is 0.254 e. The van der Waals surface area contributed by atoms with E-state index in [0.29, 0.717) is 18.2 Å². The van der Waals surface area contributed by atoms with Gasteiger partial charge in [-0.15, -0.1) is 12.4 Å². The molecule has 0 atom stereocenters. The maximum atomic E-state index is 11.8. The first-order valence-electron chi connectivity index (χ1n) is 7.29. The van der Waals surface area contributed by atoms with E-state index in [1.54, 1.807) is 6.20 Å². The van der Waals surface area contributed by atoms with Crippen molar-refractivity contribution in [3.63, 3.8) is 0 Å². The van der Waals surface area contributed by atoms with Crippen LogP contribution in [-0.2, 0) is 0 Å². The summed E-state index contributed by atoms with van der Waals surface area (Å²) in [6.45, 7) is 3.36. The Bertz CT molecular complexity index is 400. The summed E-state index contributed by atoms with van der Waals surface area (Å²) < 4.78 is 0. The number of halogens is 1. The minimum absolute atomic E-state index is 0. The molecule has 0 aromatic carbocycles. The summed E-state index contributed by atoms with van der Waals surface area (Å²) in [5.74, 6) is -0.0473. The summed E-state index contributed by atoms with van der Waals surface area (Å²) in [6, 6.07) is 0.634. The first-order chi connectivity index (χ1) is 9.27. The molecule has 1 aliphatic rings. The molecular weight excluding hydrogens is 276 g/mol. The molecule has 1 aliphatic carbocycles. The van der Waals surface area contributed by atoms with Gasteiger partial charge in [0.1, 0.15) is 0 Å². The molecular formula is C14H25ClN4O. The lowest BCUT2D eigenvalue weighted by molar-refractivity contribution is 0.0953. The Hall–Kier alpha value is -1.07. The van der Waals surface area contributed by atoms with Crippen LogP contribution in [0.5, 0.6) is 0 Å². The fraction of sp³-hybridized carbons (Fsp3) is 0.714. The van der Waals surface area contributed by atoms with Crippen molar-refractivity contribution >= 4 is 18.3 Å². The van der Waals surface area contributed by atoms with Crippen molar-refractivity contribution < 1.29 is 4.79 Å². The molecule has 0 saturated heterocycles. The first kappa shape index (κ1) is 17.0. The van der Waals surface area contributed by atoms with Crippen LogP contribution in [0, 0.1) is 6.92 Å². The van der Waals surface area contributed by atoms with Crippen LogP contribution >= 0.6 is 12.4 Å². The zero-order chi connectivity index (χ0) is 13.5. The number of hydrogen-bond donors (Lipinski definition) is 3. The van der Waals surface area contributed by atoms with Gasteiger partial charge < -0.3 is 10.6 Å². The largest absolute Gasteiger partial charge is 0.351 e. The Morgan fingerprint density at radius 1 is 1.30 bits per heavy atom. The zero-order valence-corrected chi connectivity index (χ0v) is 12.9. The van der Waals surface area contributed by atoms with Crippen molar-refractivity contribution in [2.45, 2.75) is 51.5 Å². The lowest BCUT2D eigenvalue weighted by atomic mass is 10.1. The number of nitrogens with zero attached hydrogens (tertiary/aromatic N) is 1. The van der Waals surface area contributed by atoms with Crippen molar-refractivity contribution in [1.82, 2.24) is 20.8 Å². The van der Waals surface area contributed by atoms with E-state index in [1.165, 1.54) is 38.5 Å². The highest BCUT2D eigenvalue weighted by atomic mass is 35.5. The van der Waals surface area contributed by atoms with Gasteiger partial charge in [-0.05, 0) is 19.8 Å². The predicted octanol–water partition coefficient (Wildman–Crippen LogP) is 2.18. The highest BCUT2D eigenvalue weighted by Crippen LogP contribution is 2.16. The summed E-state index contributed by atoms with van der Waals surface area (Å²) >= 11 is 0. The Labute approximate surface area is 126 Å². The van der Waals surface area contributed by atoms with E-state index in [4.69, 9.17) is 0 Å². The molecule has 6 heteroatoms. The number of aryl methyl sites for hydroxylation is 1. The summed E-state index contributed by atoms with van der Waals surface area (Å²) in [6.07, 6.45) is 9.52. The fourth-order valence-corrected chi connectivity index (χ4v) is 2.61. The number of rotatable bonds is 5. The van der Waals surface area contributed by atoms with E-state index in [9.17, 15) is 4.79 Å². The van der Waals surface area contributed by atoms with Crippen LogP contribution in [0.4, 0.5) is 0 Å². The lowest BCUT2D eigenvalue weighted by Crippen LogP contribution is -2.36. The van der Waals surface area contributed by atoms with Crippen molar-refractivity contribution in [2.75, 3.05) is 13.1 Å². The average Bonchev–Trinajstić information content (AvgIpc) is 2.68. The molecule has 1 heterocycles. The summed E-state index contributed by atoms with van der Waals surface area (Å²) in [5.41, 5.74) is 1.45. The lowest BCUT2D eigenvalue weighted by Gasteiger charge is -2.16. The molecule has 0 aliphatic heterocycles. The highest BCUT2D eigenvalue weighted by Gasteiger charge is 2.12. The quantitative estimate of drug-likeness (QED) is 0.576. The van der Waals surface area contributed by atoms with Gasteiger partial charge in [0.15, 0.2) is 0 Å². The van der Waals surface area contributed by atoms with Crippen LogP contribution in [0.15, 0.2) is 6.20 Å². The Balaban J connectivity index is 0.00000200. The summed E-state index contributed by atoms with van der Waals surface area (Å²) in [7, 11) is 0. The topological polar surface area (TPSA) is 69.8 Å². The molecule has 1 saturated carbocycles. The van der Waals surface area contributed by atoms with Crippen molar-refractivity contribution in [2.24, 2.45) is 0 Å². The highest BCUT2D eigenvalue weighted by molar-refractivity contribution is 5.94. The third-order valence-corrected chi connectivity index (χ3v) is 3.77. The maximum absolute atomic E-state index is 11.8.